The van der Waals surface area contributed by atoms with Gasteiger partial charge in [0, 0.05) is 32.1 Å². The number of nitrogen functional groups attached to an aromatic ring is 1. The number of ether oxygens (including phenoxy) is 1. The highest BCUT2D eigenvalue weighted by atomic mass is 16.5. The van der Waals surface area contributed by atoms with E-state index in [2.05, 4.69) is 4.98 Å². The molecule has 11 heteroatoms. The van der Waals surface area contributed by atoms with Crippen molar-refractivity contribution < 1.29 is 19.1 Å². The highest BCUT2D eigenvalue weighted by molar-refractivity contribution is 5.97. The Balaban J connectivity index is 2.08. The lowest BCUT2D eigenvalue weighted by Gasteiger charge is -2.33. The Bertz CT molecular complexity index is 1020. The van der Waals surface area contributed by atoms with Crippen LogP contribution in [0.15, 0.2) is 9.59 Å². The molecular weight excluding hydrogens is 466 g/mol. The third-order valence-electron chi connectivity index (χ3n) is 6.53. The second-order valence-electron chi connectivity index (χ2n) is 9.34. The number of aromatic amines is 1. The highest BCUT2D eigenvalue weighted by Gasteiger charge is 2.26. The number of anilines is 2. The Labute approximate surface area is 212 Å². The van der Waals surface area contributed by atoms with Crippen LogP contribution in [-0.4, -0.2) is 58.0 Å². The lowest BCUT2D eigenvalue weighted by molar-refractivity contribution is -0.153. The van der Waals surface area contributed by atoms with E-state index in [4.69, 9.17) is 10.5 Å². The fourth-order valence-corrected chi connectivity index (χ4v) is 4.37. The summed E-state index contributed by atoms with van der Waals surface area (Å²) in [5.41, 5.74) is 4.77. The number of hydrogen-bond acceptors (Lipinski definition) is 7. The van der Waals surface area contributed by atoms with Gasteiger partial charge in [-0.2, -0.15) is 0 Å². The van der Waals surface area contributed by atoms with E-state index in [-0.39, 0.29) is 49.4 Å². The number of nitrogens with one attached hydrogen (secondary N) is 1. The molecule has 1 fully saturated rings. The number of amides is 2. The lowest BCUT2D eigenvalue weighted by Crippen LogP contribution is -2.44. The number of likely N-dealkylation sites (tertiary alicyclic amines) is 1. The number of unbranched alkanes of at least 4 members (excludes halogenated alkanes) is 3. The maximum absolute atomic E-state index is 13.1. The van der Waals surface area contributed by atoms with Crippen LogP contribution in [0.4, 0.5) is 11.5 Å². The van der Waals surface area contributed by atoms with E-state index in [1.54, 1.807) is 4.90 Å². The average Bonchev–Trinajstić information content (AvgIpc) is 2.85. The third-order valence-corrected chi connectivity index (χ3v) is 6.53. The van der Waals surface area contributed by atoms with E-state index in [0.29, 0.717) is 25.9 Å². The topological polar surface area (TPSA) is 148 Å². The Morgan fingerprint density at radius 2 is 1.81 bits per heavy atom. The molecule has 1 aromatic heterocycles. The highest BCUT2D eigenvalue weighted by Crippen LogP contribution is 2.20. The van der Waals surface area contributed by atoms with Crippen molar-refractivity contribution in [2.45, 2.75) is 97.6 Å². The number of nitrogens with zero attached hydrogens (tertiary/aromatic N) is 3. The number of hydrogen-bond donors (Lipinski definition) is 2. The molecule has 0 unspecified atom stereocenters. The summed E-state index contributed by atoms with van der Waals surface area (Å²) in [7, 11) is 0. The lowest BCUT2D eigenvalue weighted by atomic mass is 10.0. The van der Waals surface area contributed by atoms with Crippen molar-refractivity contribution in [3.63, 3.8) is 0 Å². The molecule has 36 heavy (non-hydrogen) atoms. The minimum absolute atomic E-state index is 0.0640. The SMILES string of the molecule is CCCCCN(C(=O)CCC(=O)OCC(=O)N1CCCC[C@H]1C)c1c(N)n(CCCC)c(=O)[nH]c1=O. The molecule has 1 aliphatic rings. The zero-order chi connectivity index (χ0) is 26.7. The molecule has 2 heterocycles. The maximum atomic E-state index is 13.1. The predicted octanol–water partition coefficient (Wildman–Crippen LogP) is 2.17. The fraction of sp³-hybridized carbons (Fsp3) is 0.720. The summed E-state index contributed by atoms with van der Waals surface area (Å²) < 4.78 is 6.39. The molecule has 0 saturated carbocycles. The van der Waals surface area contributed by atoms with Crippen molar-refractivity contribution in [2.75, 3.05) is 30.3 Å². The second-order valence-corrected chi connectivity index (χ2v) is 9.34. The summed E-state index contributed by atoms with van der Waals surface area (Å²) in [6.07, 6.45) is 6.34. The Morgan fingerprint density at radius 1 is 1.08 bits per heavy atom. The van der Waals surface area contributed by atoms with Crippen molar-refractivity contribution >= 4 is 29.3 Å². The van der Waals surface area contributed by atoms with E-state index >= 15 is 0 Å². The molecule has 0 spiro atoms. The molecule has 1 atom stereocenters. The van der Waals surface area contributed by atoms with Crippen molar-refractivity contribution in [3.05, 3.63) is 20.8 Å². The number of carbonyl (C=O) groups excluding carboxylic acids is 3. The van der Waals surface area contributed by atoms with Crippen LogP contribution in [0.5, 0.6) is 0 Å². The van der Waals surface area contributed by atoms with E-state index in [9.17, 15) is 24.0 Å². The predicted molar refractivity (Wildman–Crippen MR) is 138 cm³/mol. The molecule has 11 nitrogen and oxygen atoms in total. The van der Waals surface area contributed by atoms with Gasteiger partial charge in [-0.3, -0.25) is 28.7 Å². The van der Waals surface area contributed by atoms with E-state index in [1.165, 1.54) is 9.47 Å². The normalized spacial score (nSPS) is 15.5. The van der Waals surface area contributed by atoms with Crippen LogP contribution in [0.1, 0.15) is 85.0 Å². The Morgan fingerprint density at radius 3 is 2.47 bits per heavy atom. The van der Waals surface area contributed by atoms with Crippen LogP contribution in [0, 0.1) is 0 Å². The molecule has 3 N–H and O–H groups in total. The summed E-state index contributed by atoms with van der Waals surface area (Å²) in [6.45, 7) is 6.80. The van der Waals surface area contributed by atoms with Crippen LogP contribution in [0.25, 0.3) is 0 Å². The van der Waals surface area contributed by atoms with Gasteiger partial charge >= 0.3 is 11.7 Å². The van der Waals surface area contributed by atoms with Crippen molar-refractivity contribution in [3.8, 4) is 0 Å². The fourth-order valence-electron chi connectivity index (χ4n) is 4.37. The zero-order valence-corrected chi connectivity index (χ0v) is 21.8. The van der Waals surface area contributed by atoms with Crippen LogP contribution >= 0.6 is 0 Å². The molecule has 202 valence electrons. The zero-order valence-electron chi connectivity index (χ0n) is 21.8. The standard InChI is InChI=1S/C25H41N5O6/c1-4-6-9-16-29(22-23(26)30(14-7-5-2)25(35)27-24(22)34)19(31)12-13-21(33)36-17-20(32)28-15-10-8-11-18(28)3/h18H,4-17,26H2,1-3H3,(H,27,34,35)/t18-/m1/s1. The van der Waals surface area contributed by atoms with Gasteiger partial charge < -0.3 is 20.3 Å². The number of carbonyl (C=O) groups is 3. The molecular formula is C25H41N5O6. The van der Waals surface area contributed by atoms with E-state index < -0.39 is 23.1 Å². The molecule has 0 radical (unpaired) electrons. The summed E-state index contributed by atoms with van der Waals surface area (Å²) in [6, 6.07) is 0.118. The number of piperidine rings is 1. The summed E-state index contributed by atoms with van der Waals surface area (Å²) >= 11 is 0. The Kier molecular flexibility index (Phi) is 11.7. The molecule has 1 aromatic rings. The van der Waals surface area contributed by atoms with Gasteiger partial charge in [-0.05, 0) is 39.0 Å². The third kappa shape index (κ3) is 7.96. The van der Waals surface area contributed by atoms with Gasteiger partial charge in [-0.15, -0.1) is 0 Å². The van der Waals surface area contributed by atoms with Crippen LogP contribution in [0.2, 0.25) is 0 Å². The average molecular weight is 508 g/mol. The molecule has 0 bridgehead atoms. The Hall–Kier alpha value is -3.11. The number of aromatic nitrogens is 2. The minimum atomic E-state index is -0.737. The van der Waals surface area contributed by atoms with Gasteiger partial charge in [-0.25, -0.2) is 4.79 Å². The van der Waals surface area contributed by atoms with Gasteiger partial charge in [0.05, 0.1) is 6.42 Å². The maximum Gasteiger partial charge on any atom is 0.330 e. The molecule has 0 aromatic carbocycles. The molecule has 2 rings (SSSR count). The first-order valence-electron chi connectivity index (χ1n) is 13.1. The van der Waals surface area contributed by atoms with Crippen LogP contribution in [-0.2, 0) is 25.7 Å². The first kappa shape index (κ1) is 29.1. The van der Waals surface area contributed by atoms with Gasteiger partial charge in [0.25, 0.3) is 11.5 Å². The minimum Gasteiger partial charge on any atom is -0.456 e. The molecule has 0 aliphatic carbocycles. The first-order valence-corrected chi connectivity index (χ1v) is 13.1. The van der Waals surface area contributed by atoms with Gasteiger partial charge in [0.1, 0.15) is 5.82 Å². The first-order chi connectivity index (χ1) is 17.2. The number of nitrogens with two attached hydrogens (primary N) is 1. The van der Waals surface area contributed by atoms with Crippen molar-refractivity contribution in [1.29, 1.82) is 0 Å². The smallest absolute Gasteiger partial charge is 0.330 e. The van der Waals surface area contributed by atoms with E-state index in [1.807, 2.05) is 20.8 Å². The largest absolute Gasteiger partial charge is 0.456 e. The van der Waals surface area contributed by atoms with Gasteiger partial charge in [0.2, 0.25) is 5.91 Å². The molecule has 1 saturated heterocycles. The molecule has 1 aliphatic heterocycles. The van der Waals surface area contributed by atoms with E-state index in [0.717, 1.165) is 38.5 Å². The van der Waals surface area contributed by atoms with Crippen LogP contribution in [0.3, 0.4) is 0 Å². The van der Waals surface area contributed by atoms with Gasteiger partial charge in [0.15, 0.2) is 12.3 Å². The number of rotatable bonds is 13. The summed E-state index contributed by atoms with van der Waals surface area (Å²) in [4.78, 5) is 68.0. The van der Waals surface area contributed by atoms with Gasteiger partial charge in [-0.1, -0.05) is 33.1 Å². The van der Waals surface area contributed by atoms with Crippen molar-refractivity contribution in [1.82, 2.24) is 14.5 Å². The quantitative estimate of drug-likeness (QED) is 0.307. The summed E-state index contributed by atoms with van der Waals surface area (Å²) in [5.74, 6) is -1.44. The number of esters is 1. The number of H-pyrrole nitrogens is 1. The second kappa shape index (κ2) is 14.4. The molecule has 2 amide bonds. The monoisotopic (exact) mass is 507 g/mol. The van der Waals surface area contributed by atoms with Crippen molar-refractivity contribution in [2.24, 2.45) is 0 Å². The van der Waals surface area contributed by atoms with Crippen LogP contribution < -0.4 is 21.9 Å². The summed E-state index contributed by atoms with van der Waals surface area (Å²) in [5, 5.41) is 0.